The van der Waals surface area contributed by atoms with Crippen molar-refractivity contribution in [3.8, 4) is 0 Å². The van der Waals surface area contributed by atoms with Crippen LogP contribution in [0.5, 0.6) is 0 Å². The number of carbonyl (C=O) groups is 3. The normalized spacial score (nSPS) is 12.1. The highest BCUT2D eigenvalue weighted by atomic mass is 16.6. The van der Waals surface area contributed by atoms with E-state index in [2.05, 4.69) is 34.6 Å². The fraction of sp³-hybridized carbons (Fsp3) is 0.944. The molecule has 60 heavy (non-hydrogen) atoms. The molecule has 0 radical (unpaired) electrons. The Morgan fingerprint density at radius 3 is 0.817 bits per heavy atom. The van der Waals surface area contributed by atoms with Gasteiger partial charge in [-0.25, -0.2) is 0 Å². The van der Waals surface area contributed by atoms with E-state index in [0.717, 1.165) is 69.6 Å². The molecule has 0 spiro atoms. The Labute approximate surface area is 374 Å². The van der Waals surface area contributed by atoms with E-state index in [1.54, 1.807) is 0 Å². The molecule has 0 N–H and O–H groups in total. The molecule has 0 aromatic heterocycles. The first-order chi connectivity index (χ1) is 29.2. The second-order valence-corrected chi connectivity index (χ2v) is 19.5. The van der Waals surface area contributed by atoms with Crippen molar-refractivity contribution < 1.29 is 28.6 Å². The average Bonchev–Trinajstić information content (AvgIpc) is 3.22. The van der Waals surface area contributed by atoms with E-state index in [9.17, 15) is 14.4 Å². The van der Waals surface area contributed by atoms with Crippen molar-refractivity contribution in [2.75, 3.05) is 13.2 Å². The third kappa shape index (κ3) is 47.5. The van der Waals surface area contributed by atoms with E-state index >= 15 is 0 Å². The zero-order chi connectivity index (χ0) is 44.0. The van der Waals surface area contributed by atoms with Gasteiger partial charge in [0.2, 0.25) is 0 Å². The van der Waals surface area contributed by atoms with Crippen LogP contribution in [0.15, 0.2) is 0 Å². The minimum atomic E-state index is -0.761. The van der Waals surface area contributed by atoms with Crippen LogP contribution in [0.3, 0.4) is 0 Å². The third-order valence-electron chi connectivity index (χ3n) is 12.2. The molecule has 0 rings (SSSR count). The molecule has 0 unspecified atom stereocenters. The Morgan fingerprint density at radius 1 is 0.317 bits per heavy atom. The second-order valence-electron chi connectivity index (χ2n) is 19.5. The lowest BCUT2D eigenvalue weighted by molar-refractivity contribution is -0.167. The molecule has 0 fully saturated rings. The maximum atomic E-state index is 12.7. The Balaban J connectivity index is 4.22. The molecule has 0 amide bonds. The highest BCUT2D eigenvalue weighted by molar-refractivity contribution is 5.71. The number of rotatable bonds is 48. The van der Waals surface area contributed by atoms with E-state index in [1.807, 2.05) is 0 Å². The predicted molar refractivity (Wildman–Crippen MR) is 256 cm³/mol. The van der Waals surface area contributed by atoms with Gasteiger partial charge in [0, 0.05) is 19.3 Å². The van der Waals surface area contributed by atoms with Crippen LogP contribution in [0.4, 0.5) is 0 Å². The molecule has 0 aromatic rings. The Kier molecular flexibility index (Phi) is 45.7. The smallest absolute Gasteiger partial charge is 0.306 e. The summed E-state index contributed by atoms with van der Waals surface area (Å²) in [5.74, 6) is 0.837. The van der Waals surface area contributed by atoms with Gasteiger partial charge in [0.15, 0.2) is 6.10 Å². The lowest BCUT2D eigenvalue weighted by atomic mass is 10.0. The van der Waals surface area contributed by atoms with E-state index < -0.39 is 6.10 Å². The maximum absolute atomic E-state index is 12.7. The van der Waals surface area contributed by atoms with Crippen LogP contribution >= 0.6 is 0 Å². The Bertz CT molecular complexity index is 916. The van der Waals surface area contributed by atoms with E-state index in [0.29, 0.717) is 19.3 Å². The minimum absolute atomic E-state index is 0.0634. The summed E-state index contributed by atoms with van der Waals surface area (Å²) in [6, 6.07) is 0. The van der Waals surface area contributed by atoms with E-state index in [1.165, 1.54) is 186 Å². The largest absolute Gasteiger partial charge is 0.462 e. The number of carbonyl (C=O) groups excluding carboxylic acids is 3. The fourth-order valence-electron chi connectivity index (χ4n) is 8.17. The molecule has 0 aliphatic rings. The topological polar surface area (TPSA) is 78.9 Å². The minimum Gasteiger partial charge on any atom is -0.462 e. The van der Waals surface area contributed by atoms with Gasteiger partial charge in [-0.1, -0.05) is 259 Å². The molecule has 0 heterocycles. The fourth-order valence-corrected chi connectivity index (χ4v) is 8.17. The van der Waals surface area contributed by atoms with Crippen molar-refractivity contribution in [3.05, 3.63) is 0 Å². The summed E-state index contributed by atoms with van der Waals surface area (Å²) >= 11 is 0. The van der Waals surface area contributed by atoms with Gasteiger partial charge in [-0.2, -0.15) is 0 Å². The molecule has 0 saturated heterocycles. The molecule has 0 bridgehead atoms. The number of ether oxygens (including phenoxy) is 3. The molecule has 356 valence electrons. The third-order valence-corrected chi connectivity index (χ3v) is 12.2. The summed E-state index contributed by atoms with van der Waals surface area (Å²) in [6.45, 7) is 11.4. The number of hydrogen-bond donors (Lipinski definition) is 0. The van der Waals surface area contributed by atoms with Gasteiger partial charge < -0.3 is 14.2 Å². The lowest BCUT2D eigenvalue weighted by Crippen LogP contribution is -2.30. The van der Waals surface area contributed by atoms with Crippen LogP contribution in [0, 0.1) is 11.8 Å². The summed E-state index contributed by atoms with van der Waals surface area (Å²) in [6.07, 6.45) is 48.1. The average molecular weight is 849 g/mol. The van der Waals surface area contributed by atoms with Crippen molar-refractivity contribution >= 4 is 17.9 Å². The first kappa shape index (κ1) is 58.4. The van der Waals surface area contributed by atoms with Crippen LogP contribution in [0.25, 0.3) is 0 Å². The van der Waals surface area contributed by atoms with Gasteiger partial charge in [0.05, 0.1) is 0 Å². The number of unbranched alkanes of at least 4 members (excludes halogenated alkanes) is 33. The summed E-state index contributed by atoms with van der Waals surface area (Å²) in [5, 5.41) is 0. The molecule has 0 aromatic carbocycles. The van der Waals surface area contributed by atoms with Gasteiger partial charge in [0.1, 0.15) is 13.2 Å². The van der Waals surface area contributed by atoms with Gasteiger partial charge in [-0.3, -0.25) is 14.4 Å². The lowest BCUT2D eigenvalue weighted by Gasteiger charge is -2.18. The number of hydrogen-bond acceptors (Lipinski definition) is 6. The van der Waals surface area contributed by atoms with Crippen molar-refractivity contribution in [2.24, 2.45) is 11.8 Å². The molecule has 6 nitrogen and oxygen atoms in total. The SMILES string of the molecule is CCCCCCCCCCCC(=O)O[C@@H](COC(=O)CCCCCCCCCCCCCCCCC(C)C)COC(=O)CCCCCCCCCCCCCCCC(C)C. The highest BCUT2D eigenvalue weighted by Gasteiger charge is 2.19. The second kappa shape index (κ2) is 46.9. The summed E-state index contributed by atoms with van der Waals surface area (Å²) < 4.78 is 16.8. The molecule has 1 atom stereocenters. The first-order valence-electron chi connectivity index (χ1n) is 26.7. The van der Waals surface area contributed by atoms with Crippen LogP contribution in [0.1, 0.15) is 298 Å². The highest BCUT2D eigenvalue weighted by Crippen LogP contribution is 2.18. The van der Waals surface area contributed by atoms with Crippen LogP contribution in [-0.4, -0.2) is 37.2 Å². The zero-order valence-electron chi connectivity index (χ0n) is 41.1. The Morgan fingerprint density at radius 2 is 0.550 bits per heavy atom. The van der Waals surface area contributed by atoms with Crippen molar-refractivity contribution in [3.63, 3.8) is 0 Å². The van der Waals surface area contributed by atoms with Gasteiger partial charge in [-0.05, 0) is 31.1 Å². The molecule has 0 aliphatic carbocycles. The Hall–Kier alpha value is -1.59. The molecule has 6 heteroatoms. The number of esters is 3. The summed E-state index contributed by atoms with van der Waals surface area (Å²) in [5.41, 5.74) is 0. The van der Waals surface area contributed by atoms with Crippen LogP contribution < -0.4 is 0 Å². The standard InChI is InChI=1S/C54H104O6/c1-6-7-8-9-10-22-31-36-41-46-54(57)60-51(48-59-53(56)45-40-35-30-26-21-17-13-15-19-24-28-33-38-43-50(4)5)47-58-52(55)44-39-34-29-25-20-16-12-11-14-18-23-27-32-37-42-49(2)3/h49-51H,6-48H2,1-5H3/t51-/m0/s1. The van der Waals surface area contributed by atoms with Gasteiger partial charge >= 0.3 is 17.9 Å². The van der Waals surface area contributed by atoms with E-state index in [4.69, 9.17) is 14.2 Å². The van der Waals surface area contributed by atoms with E-state index in [-0.39, 0.29) is 31.1 Å². The quantitative estimate of drug-likeness (QED) is 0.0345. The molecule has 0 saturated carbocycles. The molecule has 0 aliphatic heterocycles. The monoisotopic (exact) mass is 849 g/mol. The molecular formula is C54H104O6. The summed E-state index contributed by atoms with van der Waals surface area (Å²) in [4.78, 5) is 37.9. The van der Waals surface area contributed by atoms with Crippen molar-refractivity contribution in [1.82, 2.24) is 0 Å². The van der Waals surface area contributed by atoms with Gasteiger partial charge in [-0.15, -0.1) is 0 Å². The zero-order valence-corrected chi connectivity index (χ0v) is 41.1. The maximum Gasteiger partial charge on any atom is 0.306 e. The van der Waals surface area contributed by atoms with Crippen molar-refractivity contribution in [2.45, 2.75) is 304 Å². The van der Waals surface area contributed by atoms with Crippen molar-refractivity contribution in [1.29, 1.82) is 0 Å². The van der Waals surface area contributed by atoms with Gasteiger partial charge in [0.25, 0.3) is 0 Å². The van der Waals surface area contributed by atoms with Crippen LogP contribution in [-0.2, 0) is 28.6 Å². The molecular weight excluding hydrogens is 745 g/mol. The van der Waals surface area contributed by atoms with Crippen LogP contribution in [0.2, 0.25) is 0 Å². The first-order valence-corrected chi connectivity index (χ1v) is 26.7. The summed E-state index contributed by atoms with van der Waals surface area (Å²) in [7, 11) is 0. The predicted octanol–water partition coefficient (Wildman–Crippen LogP) is 17.3.